The quantitative estimate of drug-likeness (QED) is 0.136. The van der Waals surface area contributed by atoms with Crippen molar-refractivity contribution in [2.24, 2.45) is 0 Å². The standard InChI is InChI=1S/C34H36N8O5/c1-2-35-32(45)28-26(43)27(44)34(47-28)42-20-39-25-29(38-19-24(21-11-5-3-6-12-21)22-13-7-4-8-14-22)40-30(41-31(25)42)33(46)37-18-16-23-15-9-10-17-36-23/h3-15,17,20,24,26-28,34,43-44H,2,16,18-19H2,1H3,(H,35,45)(H,37,46)(H,38,40,41)/t26-,27+,28-,34+/m0/s1. The zero-order chi connectivity index (χ0) is 32.8. The Labute approximate surface area is 271 Å². The molecule has 4 atom stereocenters. The number of pyridine rings is 1. The summed E-state index contributed by atoms with van der Waals surface area (Å²) in [6, 6.07) is 25.7. The Bertz CT molecular complexity index is 1770. The average molecular weight is 637 g/mol. The summed E-state index contributed by atoms with van der Waals surface area (Å²) in [6.07, 6.45) is -1.88. The van der Waals surface area contributed by atoms with Crippen LogP contribution in [0.3, 0.4) is 0 Å². The second-order valence-corrected chi connectivity index (χ2v) is 11.1. The molecule has 2 aromatic carbocycles. The predicted molar refractivity (Wildman–Crippen MR) is 173 cm³/mol. The molecule has 6 rings (SSSR count). The summed E-state index contributed by atoms with van der Waals surface area (Å²) in [5.74, 6) is -0.966. The zero-order valence-corrected chi connectivity index (χ0v) is 25.7. The third-order valence-corrected chi connectivity index (χ3v) is 8.02. The molecule has 0 bridgehead atoms. The maximum absolute atomic E-state index is 13.4. The molecule has 1 aliphatic heterocycles. The number of likely N-dealkylation sites (N-methyl/N-ethyl adjacent to an activating group) is 1. The molecule has 5 N–H and O–H groups in total. The van der Waals surface area contributed by atoms with Gasteiger partial charge in [0.15, 0.2) is 29.3 Å². The van der Waals surface area contributed by atoms with Gasteiger partial charge in [-0.15, -0.1) is 0 Å². The molecular weight excluding hydrogens is 600 g/mol. The Morgan fingerprint density at radius 2 is 1.60 bits per heavy atom. The number of aliphatic hydroxyl groups is 2. The SMILES string of the molecule is CCNC(=O)[C@H]1O[C@@H](n2cnc3c(NCC(c4ccccc4)c4ccccc4)nc(C(=O)NCCc4ccccn4)nc32)[C@H](O)[C@@H]1O. The van der Waals surface area contributed by atoms with Crippen LogP contribution in [-0.4, -0.2) is 84.5 Å². The van der Waals surface area contributed by atoms with Crippen LogP contribution in [0.1, 0.15) is 46.5 Å². The van der Waals surface area contributed by atoms with E-state index in [2.05, 4.69) is 60.2 Å². The highest BCUT2D eigenvalue weighted by Crippen LogP contribution is 2.33. The van der Waals surface area contributed by atoms with Gasteiger partial charge in [0, 0.05) is 43.9 Å². The fraction of sp³-hybridized carbons (Fsp3) is 0.294. The van der Waals surface area contributed by atoms with Crippen molar-refractivity contribution in [2.45, 2.75) is 43.8 Å². The molecule has 0 spiro atoms. The van der Waals surface area contributed by atoms with E-state index in [4.69, 9.17) is 4.74 Å². The summed E-state index contributed by atoms with van der Waals surface area (Å²) >= 11 is 0. The molecule has 0 saturated carbocycles. The summed E-state index contributed by atoms with van der Waals surface area (Å²) in [4.78, 5) is 43.9. The second-order valence-electron chi connectivity index (χ2n) is 11.1. The third-order valence-electron chi connectivity index (χ3n) is 8.02. The molecule has 1 saturated heterocycles. The van der Waals surface area contributed by atoms with Crippen LogP contribution in [0.4, 0.5) is 5.82 Å². The number of carbonyl (C=O) groups is 2. The van der Waals surface area contributed by atoms with Crippen LogP contribution in [0.5, 0.6) is 0 Å². The molecule has 4 heterocycles. The van der Waals surface area contributed by atoms with E-state index < -0.39 is 36.4 Å². The fourth-order valence-electron chi connectivity index (χ4n) is 5.64. The number of hydrogen-bond acceptors (Lipinski definition) is 10. The number of amides is 2. The van der Waals surface area contributed by atoms with Crippen molar-refractivity contribution in [3.63, 3.8) is 0 Å². The number of nitrogens with one attached hydrogen (secondary N) is 3. The van der Waals surface area contributed by atoms with Gasteiger partial charge < -0.3 is 30.9 Å². The lowest BCUT2D eigenvalue weighted by Crippen LogP contribution is -2.42. The van der Waals surface area contributed by atoms with Gasteiger partial charge in [-0.25, -0.2) is 15.0 Å². The van der Waals surface area contributed by atoms with E-state index in [-0.39, 0.29) is 17.4 Å². The van der Waals surface area contributed by atoms with Gasteiger partial charge in [0.25, 0.3) is 11.8 Å². The first-order valence-electron chi connectivity index (χ1n) is 15.5. The van der Waals surface area contributed by atoms with Gasteiger partial charge in [0.1, 0.15) is 12.2 Å². The number of benzene rings is 2. The fourth-order valence-corrected chi connectivity index (χ4v) is 5.64. The number of aromatic nitrogens is 5. The predicted octanol–water partition coefficient (Wildman–Crippen LogP) is 2.19. The number of imidazole rings is 1. The Hall–Kier alpha value is -5.24. The topological polar surface area (TPSA) is 176 Å². The van der Waals surface area contributed by atoms with E-state index in [1.807, 2.05) is 54.6 Å². The van der Waals surface area contributed by atoms with E-state index in [0.717, 1.165) is 16.8 Å². The highest BCUT2D eigenvalue weighted by Gasteiger charge is 2.47. The Balaban J connectivity index is 1.33. The average Bonchev–Trinajstić information content (AvgIpc) is 3.66. The number of anilines is 1. The molecule has 242 valence electrons. The molecule has 13 nitrogen and oxygen atoms in total. The molecule has 0 radical (unpaired) electrons. The summed E-state index contributed by atoms with van der Waals surface area (Å²) < 4.78 is 7.25. The van der Waals surface area contributed by atoms with Crippen LogP contribution in [0.25, 0.3) is 11.2 Å². The summed E-state index contributed by atoms with van der Waals surface area (Å²) in [6.45, 7) is 2.78. The first-order chi connectivity index (χ1) is 22.9. The van der Waals surface area contributed by atoms with Gasteiger partial charge in [0.05, 0.1) is 6.33 Å². The lowest BCUT2D eigenvalue weighted by molar-refractivity contribution is -0.137. The molecule has 0 aliphatic carbocycles. The van der Waals surface area contributed by atoms with E-state index in [0.29, 0.717) is 37.4 Å². The van der Waals surface area contributed by atoms with E-state index >= 15 is 0 Å². The van der Waals surface area contributed by atoms with E-state index in [1.165, 1.54) is 10.9 Å². The molecule has 1 aliphatic rings. The minimum atomic E-state index is -1.49. The molecule has 3 aromatic heterocycles. The highest BCUT2D eigenvalue weighted by atomic mass is 16.6. The van der Waals surface area contributed by atoms with Gasteiger partial charge in [-0.05, 0) is 30.2 Å². The van der Waals surface area contributed by atoms with Crippen molar-refractivity contribution in [3.05, 3.63) is 114 Å². The minimum absolute atomic E-state index is 0.0619. The van der Waals surface area contributed by atoms with Crippen molar-refractivity contribution in [2.75, 3.05) is 25.0 Å². The maximum Gasteiger partial charge on any atom is 0.289 e. The lowest BCUT2D eigenvalue weighted by atomic mass is 9.91. The summed E-state index contributed by atoms with van der Waals surface area (Å²) in [7, 11) is 0. The molecule has 13 heteroatoms. The number of rotatable bonds is 12. The van der Waals surface area contributed by atoms with Crippen molar-refractivity contribution in [1.82, 2.24) is 35.1 Å². The highest BCUT2D eigenvalue weighted by molar-refractivity contribution is 5.94. The number of ether oxygens (including phenoxy) is 1. The van der Waals surface area contributed by atoms with E-state index in [1.54, 1.807) is 13.1 Å². The molecule has 2 amide bonds. The number of aliphatic hydroxyl groups excluding tert-OH is 2. The normalized spacial score (nSPS) is 19.1. The van der Waals surface area contributed by atoms with Gasteiger partial charge in [-0.1, -0.05) is 66.7 Å². The van der Waals surface area contributed by atoms with Gasteiger partial charge in [-0.2, -0.15) is 0 Å². The Morgan fingerprint density at radius 1 is 0.894 bits per heavy atom. The molecule has 47 heavy (non-hydrogen) atoms. The van der Waals surface area contributed by atoms with Crippen molar-refractivity contribution in [3.8, 4) is 0 Å². The van der Waals surface area contributed by atoms with Crippen LogP contribution in [0, 0.1) is 0 Å². The van der Waals surface area contributed by atoms with Crippen molar-refractivity contribution >= 4 is 28.8 Å². The van der Waals surface area contributed by atoms with Crippen LogP contribution in [0.15, 0.2) is 91.4 Å². The first-order valence-corrected chi connectivity index (χ1v) is 15.5. The van der Waals surface area contributed by atoms with Gasteiger partial charge in [-0.3, -0.25) is 19.1 Å². The van der Waals surface area contributed by atoms with Gasteiger partial charge in [0.2, 0.25) is 5.82 Å². The number of carbonyl (C=O) groups excluding carboxylic acids is 2. The Morgan fingerprint density at radius 3 is 2.26 bits per heavy atom. The number of fused-ring (bicyclic) bond motifs is 1. The largest absolute Gasteiger partial charge is 0.387 e. The smallest absolute Gasteiger partial charge is 0.289 e. The van der Waals surface area contributed by atoms with Crippen LogP contribution < -0.4 is 16.0 Å². The lowest BCUT2D eigenvalue weighted by Gasteiger charge is -2.20. The maximum atomic E-state index is 13.4. The second kappa shape index (κ2) is 14.5. The zero-order valence-electron chi connectivity index (χ0n) is 25.7. The van der Waals surface area contributed by atoms with Crippen LogP contribution >= 0.6 is 0 Å². The molecule has 0 unspecified atom stereocenters. The van der Waals surface area contributed by atoms with Gasteiger partial charge >= 0.3 is 0 Å². The summed E-state index contributed by atoms with van der Waals surface area (Å²) in [5.41, 5.74) is 3.50. The molecule has 1 fully saturated rings. The van der Waals surface area contributed by atoms with Crippen LogP contribution in [-0.2, 0) is 16.0 Å². The van der Waals surface area contributed by atoms with Crippen molar-refractivity contribution < 1.29 is 24.5 Å². The molecule has 5 aromatic rings. The Kier molecular flexibility index (Phi) is 9.76. The van der Waals surface area contributed by atoms with Crippen LogP contribution in [0.2, 0.25) is 0 Å². The third kappa shape index (κ3) is 6.97. The first kappa shape index (κ1) is 31.7. The molecular formula is C34H36N8O5. The van der Waals surface area contributed by atoms with E-state index in [9.17, 15) is 19.8 Å². The summed E-state index contributed by atoms with van der Waals surface area (Å²) in [5, 5.41) is 30.4. The number of nitrogens with zero attached hydrogens (tertiary/aromatic N) is 5. The minimum Gasteiger partial charge on any atom is -0.387 e. The monoisotopic (exact) mass is 636 g/mol. The van der Waals surface area contributed by atoms with Crippen molar-refractivity contribution in [1.29, 1.82) is 0 Å². The number of hydrogen-bond donors (Lipinski definition) is 5.